The average Bonchev–Trinajstić information content (AvgIpc) is 2.47. The van der Waals surface area contributed by atoms with Gasteiger partial charge < -0.3 is 10.5 Å². The summed E-state index contributed by atoms with van der Waals surface area (Å²) in [5, 5.41) is 0. The van der Waals surface area contributed by atoms with Crippen LogP contribution < -0.4 is 5.73 Å². The minimum absolute atomic E-state index is 0.158. The Morgan fingerprint density at radius 3 is 2.33 bits per heavy atom. The molecule has 21 heavy (non-hydrogen) atoms. The molecule has 2 N–H and O–H groups in total. The first-order valence-corrected chi connectivity index (χ1v) is 6.60. The largest absolute Gasteiger partial charge is 0.457 e. The summed E-state index contributed by atoms with van der Waals surface area (Å²) in [6.45, 7) is 3.96. The molecule has 0 radical (unpaired) electrons. The molecule has 2 rings (SSSR count). The summed E-state index contributed by atoms with van der Waals surface area (Å²) in [7, 11) is 0. The first kappa shape index (κ1) is 14.8. The van der Waals surface area contributed by atoms with E-state index in [0.29, 0.717) is 11.1 Å². The number of ether oxygens (including phenoxy) is 1. The molecule has 0 aliphatic rings. The van der Waals surface area contributed by atoms with E-state index in [4.69, 9.17) is 10.5 Å². The maximum Gasteiger partial charge on any atom is 0.338 e. The van der Waals surface area contributed by atoms with Crippen molar-refractivity contribution < 1.29 is 14.3 Å². The minimum Gasteiger partial charge on any atom is -0.457 e. The zero-order valence-corrected chi connectivity index (χ0v) is 12.1. The number of nitrogens with two attached hydrogens (primary N) is 1. The second-order valence-corrected chi connectivity index (χ2v) is 4.96. The molecule has 2 aromatic carbocycles. The van der Waals surface area contributed by atoms with E-state index in [0.717, 1.165) is 16.7 Å². The van der Waals surface area contributed by atoms with Crippen molar-refractivity contribution in [2.24, 2.45) is 5.73 Å². The van der Waals surface area contributed by atoms with Crippen LogP contribution in [0.15, 0.2) is 42.5 Å². The Balaban J connectivity index is 2.04. The third-order valence-corrected chi connectivity index (χ3v) is 3.22. The number of carbonyl (C=O) groups is 2. The number of esters is 1. The van der Waals surface area contributed by atoms with Gasteiger partial charge in [0.15, 0.2) is 0 Å². The molecule has 0 unspecified atom stereocenters. The fourth-order valence-corrected chi connectivity index (χ4v) is 1.95. The summed E-state index contributed by atoms with van der Waals surface area (Å²) in [5.41, 5.74) is 8.87. The lowest BCUT2D eigenvalue weighted by Gasteiger charge is -2.08. The zero-order chi connectivity index (χ0) is 15.4. The van der Waals surface area contributed by atoms with Crippen molar-refractivity contribution in [3.63, 3.8) is 0 Å². The van der Waals surface area contributed by atoms with Crippen LogP contribution in [0.3, 0.4) is 0 Å². The first-order chi connectivity index (χ1) is 9.97. The third kappa shape index (κ3) is 3.69. The van der Waals surface area contributed by atoms with Gasteiger partial charge in [0.05, 0.1) is 5.56 Å². The summed E-state index contributed by atoms with van der Waals surface area (Å²) < 4.78 is 5.30. The van der Waals surface area contributed by atoms with E-state index in [1.165, 1.54) is 0 Å². The van der Waals surface area contributed by atoms with Crippen LogP contribution >= 0.6 is 0 Å². The van der Waals surface area contributed by atoms with Gasteiger partial charge in [-0.05, 0) is 43.2 Å². The lowest BCUT2D eigenvalue weighted by Crippen LogP contribution is -2.11. The van der Waals surface area contributed by atoms with Crippen molar-refractivity contribution in [2.75, 3.05) is 0 Å². The highest BCUT2D eigenvalue weighted by atomic mass is 16.5. The van der Waals surface area contributed by atoms with Gasteiger partial charge in [-0.2, -0.15) is 0 Å². The Labute approximate surface area is 123 Å². The van der Waals surface area contributed by atoms with Crippen molar-refractivity contribution in [3.8, 4) is 0 Å². The Hall–Kier alpha value is -2.62. The molecule has 0 saturated carbocycles. The average molecular weight is 283 g/mol. The number of carbonyl (C=O) groups excluding carboxylic acids is 2. The Kier molecular flexibility index (Phi) is 4.38. The van der Waals surface area contributed by atoms with Crippen molar-refractivity contribution in [1.82, 2.24) is 0 Å². The van der Waals surface area contributed by atoms with Crippen molar-refractivity contribution in [3.05, 3.63) is 70.3 Å². The molecule has 4 nitrogen and oxygen atoms in total. The topological polar surface area (TPSA) is 69.4 Å². The standard InChI is InChI=1S/C17H17NO3/c1-11-3-4-12(2)15(9-11)17(20)21-10-13-5-7-14(8-6-13)16(18)19/h3-9H,10H2,1-2H3,(H2,18,19). The summed E-state index contributed by atoms with van der Waals surface area (Å²) >= 11 is 0. The van der Waals surface area contributed by atoms with Gasteiger partial charge in [0, 0.05) is 5.56 Å². The van der Waals surface area contributed by atoms with Gasteiger partial charge in [0.1, 0.15) is 6.61 Å². The second kappa shape index (κ2) is 6.22. The fourth-order valence-electron chi connectivity index (χ4n) is 1.95. The molecular weight excluding hydrogens is 266 g/mol. The highest BCUT2D eigenvalue weighted by Gasteiger charge is 2.11. The Morgan fingerprint density at radius 1 is 1.05 bits per heavy atom. The van der Waals surface area contributed by atoms with Crippen LogP contribution in [0.2, 0.25) is 0 Å². The summed E-state index contributed by atoms with van der Waals surface area (Å²) in [6.07, 6.45) is 0. The van der Waals surface area contributed by atoms with Gasteiger partial charge >= 0.3 is 5.97 Å². The molecular formula is C17H17NO3. The highest BCUT2D eigenvalue weighted by molar-refractivity contribution is 5.93. The molecule has 1 amide bonds. The summed E-state index contributed by atoms with van der Waals surface area (Å²) in [4.78, 5) is 23.0. The maximum absolute atomic E-state index is 12.1. The fraction of sp³-hybridized carbons (Fsp3) is 0.176. The molecule has 0 bridgehead atoms. The van der Waals surface area contributed by atoms with Crippen LogP contribution in [0.1, 0.15) is 37.4 Å². The van der Waals surface area contributed by atoms with E-state index in [1.807, 2.05) is 32.0 Å². The van der Waals surface area contributed by atoms with Gasteiger partial charge in [-0.25, -0.2) is 4.79 Å². The van der Waals surface area contributed by atoms with Crippen LogP contribution in [-0.2, 0) is 11.3 Å². The number of aryl methyl sites for hydroxylation is 2. The number of hydrogen-bond acceptors (Lipinski definition) is 3. The molecule has 108 valence electrons. The minimum atomic E-state index is -0.478. The molecule has 0 aromatic heterocycles. The number of primary amides is 1. The molecule has 0 spiro atoms. The van der Waals surface area contributed by atoms with Gasteiger partial charge in [-0.15, -0.1) is 0 Å². The molecule has 0 saturated heterocycles. The smallest absolute Gasteiger partial charge is 0.338 e. The van der Waals surface area contributed by atoms with Crippen LogP contribution in [0.4, 0.5) is 0 Å². The van der Waals surface area contributed by atoms with E-state index in [2.05, 4.69) is 0 Å². The van der Waals surface area contributed by atoms with E-state index < -0.39 is 5.91 Å². The molecule has 0 fully saturated rings. The quantitative estimate of drug-likeness (QED) is 0.877. The van der Waals surface area contributed by atoms with Crippen molar-refractivity contribution >= 4 is 11.9 Å². The number of rotatable bonds is 4. The second-order valence-electron chi connectivity index (χ2n) is 4.96. The number of benzene rings is 2. The zero-order valence-electron chi connectivity index (χ0n) is 12.1. The predicted octanol–water partition coefficient (Wildman–Crippen LogP) is 2.76. The van der Waals surface area contributed by atoms with Crippen molar-refractivity contribution in [1.29, 1.82) is 0 Å². The number of hydrogen-bond donors (Lipinski definition) is 1. The van der Waals surface area contributed by atoms with Crippen LogP contribution in [0.5, 0.6) is 0 Å². The normalized spacial score (nSPS) is 10.2. The van der Waals surface area contributed by atoms with Crippen LogP contribution in [0, 0.1) is 13.8 Å². The SMILES string of the molecule is Cc1ccc(C)c(C(=O)OCc2ccc(C(N)=O)cc2)c1. The maximum atomic E-state index is 12.1. The lowest BCUT2D eigenvalue weighted by molar-refractivity contribution is 0.0471. The number of amides is 1. The third-order valence-electron chi connectivity index (χ3n) is 3.22. The molecule has 0 aliphatic heterocycles. The van der Waals surface area contributed by atoms with E-state index in [9.17, 15) is 9.59 Å². The van der Waals surface area contributed by atoms with E-state index >= 15 is 0 Å². The molecule has 0 atom stereocenters. The van der Waals surface area contributed by atoms with Gasteiger partial charge in [0.25, 0.3) is 0 Å². The first-order valence-electron chi connectivity index (χ1n) is 6.60. The Bertz CT molecular complexity index is 675. The highest BCUT2D eigenvalue weighted by Crippen LogP contribution is 2.13. The lowest BCUT2D eigenvalue weighted by atomic mass is 10.1. The van der Waals surface area contributed by atoms with E-state index in [-0.39, 0.29) is 12.6 Å². The van der Waals surface area contributed by atoms with E-state index in [1.54, 1.807) is 24.3 Å². The predicted molar refractivity (Wildman–Crippen MR) is 80.0 cm³/mol. The van der Waals surface area contributed by atoms with Crippen LogP contribution in [-0.4, -0.2) is 11.9 Å². The Morgan fingerprint density at radius 2 is 1.71 bits per heavy atom. The molecule has 4 heteroatoms. The summed E-state index contributed by atoms with van der Waals surface area (Å²) in [6, 6.07) is 12.3. The molecule has 0 heterocycles. The monoisotopic (exact) mass is 283 g/mol. The van der Waals surface area contributed by atoms with Gasteiger partial charge in [-0.1, -0.05) is 29.8 Å². The van der Waals surface area contributed by atoms with Crippen molar-refractivity contribution in [2.45, 2.75) is 20.5 Å². The van der Waals surface area contributed by atoms with Gasteiger partial charge in [0.2, 0.25) is 5.91 Å². The van der Waals surface area contributed by atoms with Gasteiger partial charge in [-0.3, -0.25) is 4.79 Å². The molecule has 0 aliphatic carbocycles. The molecule has 2 aromatic rings. The summed E-state index contributed by atoms with van der Waals surface area (Å²) in [5.74, 6) is -0.830. The van der Waals surface area contributed by atoms with Crippen LogP contribution in [0.25, 0.3) is 0 Å².